The molecule has 0 aromatic heterocycles. The van der Waals surface area contributed by atoms with Gasteiger partial charge in [-0.15, -0.1) is 0 Å². The minimum atomic E-state index is -3.85. The molecule has 0 aliphatic heterocycles. The molecule has 0 saturated carbocycles. The second-order valence-corrected chi connectivity index (χ2v) is 7.38. The minimum Gasteiger partial charge on any atom is -0.497 e. The van der Waals surface area contributed by atoms with Gasteiger partial charge in [-0.1, -0.05) is 12.1 Å². The van der Waals surface area contributed by atoms with Crippen LogP contribution in [0.1, 0.15) is 22.8 Å². The number of anilines is 1. The number of amides is 1. The van der Waals surface area contributed by atoms with E-state index in [4.69, 9.17) is 4.74 Å². The van der Waals surface area contributed by atoms with Crippen molar-refractivity contribution in [2.75, 3.05) is 19.0 Å². The molecule has 0 radical (unpaired) electrons. The van der Waals surface area contributed by atoms with E-state index in [1.165, 1.54) is 32.2 Å². The lowest BCUT2D eigenvalue weighted by molar-refractivity contribution is -0.115. The van der Waals surface area contributed by atoms with Gasteiger partial charge in [-0.3, -0.25) is 9.59 Å². The molecule has 1 amide bonds. The second kappa shape index (κ2) is 8.11. The molecule has 0 heterocycles. The lowest BCUT2D eigenvalue weighted by Crippen LogP contribution is -2.33. The number of carbonyl (C=O) groups is 2. The van der Waals surface area contributed by atoms with Crippen LogP contribution in [0.4, 0.5) is 5.69 Å². The molecule has 2 rings (SSSR count). The fourth-order valence-corrected chi connectivity index (χ4v) is 3.52. The van der Waals surface area contributed by atoms with Crippen molar-refractivity contribution >= 4 is 27.4 Å². The molecule has 0 aliphatic carbocycles. The lowest BCUT2D eigenvalue weighted by Gasteiger charge is -2.11. The van der Waals surface area contributed by atoms with Crippen molar-refractivity contribution < 1.29 is 22.7 Å². The highest BCUT2D eigenvalue weighted by Gasteiger charge is 2.18. The smallest absolute Gasteiger partial charge is 0.241 e. The highest BCUT2D eigenvalue weighted by atomic mass is 32.2. The van der Waals surface area contributed by atoms with Gasteiger partial charge in [0.25, 0.3) is 0 Å². The van der Waals surface area contributed by atoms with Crippen molar-refractivity contribution in [2.24, 2.45) is 0 Å². The molecule has 2 aromatic carbocycles. The summed E-state index contributed by atoms with van der Waals surface area (Å²) in [5, 5.41) is 2.56. The molecule has 2 N–H and O–H groups in total. The number of ketones is 1. The van der Waals surface area contributed by atoms with Crippen molar-refractivity contribution in [1.82, 2.24) is 4.72 Å². The van der Waals surface area contributed by atoms with Crippen molar-refractivity contribution in [1.29, 1.82) is 0 Å². The molecular formula is C18H20N2O5S. The van der Waals surface area contributed by atoms with Gasteiger partial charge in [0.1, 0.15) is 5.75 Å². The van der Waals surface area contributed by atoms with E-state index in [1.807, 2.05) is 0 Å². The van der Waals surface area contributed by atoms with Crippen LogP contribution in [0.3, 0.4) is 0 Å². The molecule has 26 heavy (non-hydrogen) atoms. The Morgan fingerprint density at radius 3 is 2.46 bits per heavy atom. The maximum absolute atomic E-state index is 12.4. The number of methoxy groups -OCH3 is 1. The third kappa shape index (κ3) is 4.90. The predicted molar refractivity (Wildman–Crippen MR) is 98.0 cm³/mol. The Balaban J connectivity index is 2.04. The summed E-state index contributed by atoms with van der Waals surface area (Å²) in [6.45, 7) is 2.63. The van der Waals surface area contributed by atoms with Gasteiger partial charge < -0.3 is 10.1 Å². The van der Waals surface area contributed by atoms with Crippen LogP contribution in [0.5, 0.6) is 5.75 Å². The molecule has 2 aromatic rings. The van der Waals surface area contributed by atoms with Gasteiger partial charge in [0.2, 0.25) is 15.9 Å². The van der Waals surface area contributed by atoms with Crippen LogP contribution in [0.25, 0.3) is 0 Å². The van der Waals surface area contributed by atoms with E-state index in [2.05, 4.69) is 10.0 Å². The predicted octanol–water partition coefficient (Wildman–Crippen LogP) is 2.12. The Labute approximate surface area is 152 Å². The fourth-order valence-electron chi connectivity index (χ4n) is 2.31. The molecule has 0 saturated heterocycles. The van der Waals surface area contributed by atoms with E-state index in [1.54, 1.807) is 31.2 Å². The topological polar surface area (TPSA) is 102 Å². The first-order valence-electron chi connectivity index (χ1n) is 7.78. The molecule has 138 valence electrons. The van der Waals surface area contributed by atoms with Crippen LogP contribution in [0.15, 0.2) is 47.4 Å². The number of nitrogens with one attached hydrogen (secondary N) is 2. The minimum absolute atomic E-state index is 0.0738. The molecule has 7 nitrogen and oxygen atoms in total. The molecule has 8 heteroatoms. The standard InChI is InChI=1S/C18H20N2O5S/c1-12-9-16(25-3)7-8-17(12)26(23,24)19-11-18(22)20-15-6-4-5-14(10-15)13(2)21/h4-10,19H,11H2,1-3H3,(H,20,22). The van der Waals surface area contributed by atoms with E-state index in [0.717, 1.165) is 0 Å². The number of rotatable bonds is 7. The molecule has 0 unspecified atom stereocenters. The summed E-state index contributed by atoms with van der Waals surface area (Å²) >= 11 is 0. The highest BCUT2D eigenvalue weighted by Crippen LogP contribution is 2.20. The number of sulfonamides is 1. The van der Waals surface area contributed by atoms with E-state index >= 15 is 0 Å². The Bertz CT molecular complexity index is 938. The summed E-state index contributed by atoms with van der Waals surface area (Å²) < 4.78 is 32.1. The first kappa shape index (κ1) is 19.6. The number of carbonyl (C=O) groups excluding carboxylic acids is 2. The SMILES string of the molecule is COc1ccc(S(=O)(=O)NCC(=O)Nc2cccc(C(C)=O)c2)c(C)c1. The van der Waals surface area contributed by atoms with Gasteiger partial charge >= 0.3 is 0 Å². The van der Waals surface area contributed by atoms with Crippen molar-refractivity contribution in [3.8, 4) is 5.75 Å². The fraction of sp³-hybridized carbons (Fsp3) is 0.222. The lowest BCUT2D eigenvalue weighted by atomic mass is 10.1. The van der Waals surface area contributed by atoms with E-state index in [9.17, 15) is 18.0 Å². The first-order valence-corrected chi connectivity index (χ1v) is 9.26. The number of hydrogen-bond acceptors (Lipinski definition) is 5. The molecular weight excluding hydrogens is 356 g/mol. The van der Waals surface area contributed by atoms with Gasteiger partial charge in [0.15, 0.2) is 5.78 Å². The maximum Gasteiger partial charge on any atom is 0.241 e. The zero-order chi connectivity index (χ0) is 19.3. The van der Waals surface area contributed by atoms with Gasteiger partial charge in [-0.05, 0) is 49.7 Å². The van der Waals surface area contributed by atoms with Gasteiger partial charge in [-0.2, -0.15) is 0 Å². The maximum atomic E-state index is 12.4. The number of Topliss-reactive ketones (excluding diaryl/α,β-unsaturated/α-hetero) is 1. The number of aryl methyl sites for hydroxylation is 1. The third-order valence-corrected chi connectivity index (χ3v) is 5.21. The van der Waals surface area contributed by atoms with Crippen molar-refractivity contribution in [2.45, 2.75) is 18.7 Å². The summed E-state index contributed by atoms with van der Waals surface area (Å²) in [5.41, 5.74) is 1.38. The van der Waals surface area contributed by atoms with E-state index in [0.29, 0.717) is 22.6 Å². The summed E-state index contributed by atoms with van der Waals surface area (Å²) in [6.07, 6.45) is 0. The average molecular weight is 376 g/mol. The number of ether oxygens (including phenoxy) is 1. The van der Waals surface area contributed by atoms with E-state index in [-0.39, 0.29) is 10.7 Å². The number of benzene rings is 2. The van der Waals surface area contributed by atoms with Crippen LogP contribution in [-0.4, -0.2) is 33.8 Å². The zero-order valence-corrected chi connectivity index (χ0v) is 15.5. The monoisotopic (exact) mass is 376 g/mol. The second-order valence-electron chi connectivity index (χ2n) is 5.64. The van der Waals surface area contributed by atoms with Crippen molar-refractivity contribution in [3.63, 3.8) is 0 Å². The van der Waals surface area contributed by atoms with Crippen LogP contribution < -0.4 is 14.8 Å². The molecule has 0 bridgehead atoms. The van der Waals surface area contributed by atoms with Crippen LogP contribution in [-0.2, 0) is 14.8 Å². The van der Waals surface area contributed by atoms with Gasteiger partial charge in [0, 0.05) is 11.3 Å². The average Bonchev–Trinajstić information content (AvgIpc) is 2.60. The highest BCUT2D eigenvalue weighted by molar-refractivity contribution is 7.89. The summed E-state index contributed by atoms with van der Waals surface area (Å²) in [6, 6.07) is 11.0. The summed E-state index contributed by atoms with van der Waals surface area (Å²) in [4.78, 5) is 23.4. The number of hydrogen-bond donors (Lipinski definition) is 2. The van der Waals surface area contributed by atoms with Crippen LogP contribution >= 0.6 is 0 Å². The molecule has 0 atom stereocenters. The first-order chi connectivity index (χ1) is 12.2. The Morgan fingerprint density at radius 2 is 1.85 bits per heavy atom. The Kier molecular flexibility index (Phi) is 6.12. The van der Waals surface area contributed by atoms with Crippen LogP contribution in [0, 0.1) is 6.92 Å². The van der Waals surface area contributed by atoms with Gasteiger partial charge in [0.05, 0.1) is 18.6 Å². The molecule has 0 spiro atoms. The largest absolute Gasteiger partial charge is 0.497 e. The Morgan fingerprint density at radius 1 is 1.12 bits per heavy atom. The zero-order valence-electron chi connectivity index (χ0n) is 14.7. The van der Waals surface area contributed by atoms with E-state index < -0.39 is 22.5 Å². The normalized spacial score (nSPS) is 11.0. The summed E-state index contributed by atoms with van der Waals surface area (Å²) in [5.74, 6) is -0.123. The molecule has 0 fully saturated rings. The third-order valence-electron chi connectivity index (χ3n) is 3.65. The Hall–Kier alpha value is -2.71. The van der Waals surface area contributed by atoms with Crippen LogP contribution in [0.2, 0.25) is 0 Å². The van der Waals surface area contributed by atoms with Crippen molar-refractivity contribution in [3.05, 3.63) is 53.6 Å². The summed E-state index contributed by atoms with van der Waals surface area (Å²) in [7, 11) is -2.35. The molecule has 0 aliphatic rings. The van der Waals surface area contributed by atoms with Gasteiger partial charge in [-0.25, -0.2) is 13.1 Å². The quantitative estimate of drug-likeness (QED) is 0.721.